The zero-order chi connectivity index (χ0) is 25.4. The Labute approximate surface area is 203 Å². The van der Waals surface area contributed by atoms with Gasteiger partial charge in [-0.2, -0.15) is 26.3 Å². The van der Waals surface area contributed by atoms with Gasteiger partial charge in [0, 0.05) is 29.6 Å². The van der Waals surface area contributed by atoms with E-state index in [1.807, 2.05) is 36.4 Å². The molecule has 3 aromatic rings. The van der Waals surface area contributed by atoms with Gasteiger partial charge in [-0.25, -0.2) is 0 Å². The first-order valence-electron chi connectivity index (χ1n) is 10.8. The molecule has 9 heteroatoms. The number of hydrogen-bond acceptors (Lipinski definition) is 1. The van der Waals surface area contributed by atoms with E-state index in [2.05, 4.69) is 0 Å². The second-order valence-electron chi connectivity index (χ2n) is 8.51. The molecule has 0 spiro atoms. The van der Waals surface area contributed by atoms with Crippen molar-refractivity contribution < 1.29 is 31.1 Å². The number of halogens is 7. The lowest BCUT2D eigenvalue weighted by atomic mass is 9.76. The number of carbonyl (C=O) groups is 1. The van der Waals surface area contributed by atoms with Crippen LogP contribution in [0.1, 0.15) is 50.9 Å². The van der Waals surface area contributed by atoms with Crippen molar-refractivity contribution in [3.8, 4) is 0 Å². The molecule has 3 aromatic carbocycles. The van der Waals surface area contributed by atoms with Gasteiger partial charge in [-0.1, -0.05) is 54.1 Å². The lowest BCUT2D eigenvalue weighted by Crippen LogP contribution is -2.42. The predicted molar refractivity (Wildman–Crippen MR) is 120 cm³/mol. The molecule has 0 aliphatic carbocycles. The van der Waals surface area contributed by atoms with Gasteiger partial charge in [0.05, 0.1) is 11.1 Å². The van der Waals surface area contributed by atoms with E-state index in [1.165, 1.54) is 4.90 Å². The minimum atomic E-state index is -5.03. The van der Waals surface area contributed by atoms with E-state index in [9.17, 15) is 31.1 Å². The fraction of sp³-hybridized carbons (Fsp3) is 0.269. The van der Waals surface area contributed by atoms with Crippen molar-refractivity contribution in [2.45, 2.75) is 30.6 Å². The van der Waals surface area contributed by atoms with Crippen LogP contribution in [0.4, 0.5) is 26.3 Å². The third kappa shape index (κ3) is 5.64. The van der Waals surface area contributed by atoms with Gasteiger partial charge < -0.3 is 4.90 Å². The Bertz CT molecular complexity index is 1180. The average molecular weight is 512 g/mol. The summed E-state index contributed by atoms with van der Waals surface area (Å²) < 4.78 is 79.8. The van der Waals surface area contributed by atoms with Crippen LogP contribution >= 0.6 is 11.6 Å². The minimum Gasteiger partial charge on any atom is -0.338 e. The Balaban J connectivity index is 1.70. The summed E-state index contributed by atoms with van der Waals surface area (Å²) >= 11 is 6.18. The summed E-state index contributed by atoms with van der Waals surface area (Å²) in [4.78, 5) is 14.5. The van der Waals surface area contributed by atoms with Gasteiger partial charge in [-0.15, -0.1) is 0 Å². The maximum Gasteiger partial charge on any atom is 0.416 e. The predicted octanol–water partition coefficient (Wildman–Crippen LogP) is 7.79. The van der Waals surface area contributed by atoms with Crippen LogP contribution < -0.4 is 0 Å². The molecular weight excluding hydrogens is 492 g/mol. The molecule has 0 radical (unpaired) electrons. The van der Waals surface area contributed by atoms with E-state index in [1.54, 1.807) is 18.2 Å². The molecule has 2 nitrogen and oxygen atoms in total. The van der Waals surface area contributed by atoms with Crippen LogP contribution in [0.3, 0.4) is 0 Å². The van der Waals surface area contributed by atoms with Gasteiger partial charge in [-0.3, -0.25) is 4.79 Å². The van der Waals surface area contributed by atoms with Crippen molar-refractivity contribution in [3.05, 3.63) is 106 Å². The molecule has 0 unspecified atom stereocenters. The van der Waals surface area contributed by atoms with Crippen molar-refractivity contribution in [1.82, 2.24) is 4.90 Å². The summed E-state index contributed by atoms with van der Waals surface area (Å²) in [6, 6.07) is 17.7. The number of carbonyl (C=O) groups excluding carboxylic acids is 1. The molecule has 1 aliphatic heterocycles. The molecule has 1 heterocycles. The monoisotopic (exact) mass is 511 g/mol. The number of rotatable bonds is 3. The molecular formula is C26H20ClF6NO. The first kappa shape index (κ1) is 25.1. The third-order valence-corrected chi connectivity index (χ3v) is 6.47. The van der Waals surface area contributed by atoms with E-state index in [-0.39, 0.29) is 31.0 Å². The molecule has 1 aliphatic rings. The summed E-state index contributed by atoms with van der Waals surface area (Å²) in [7, 11) is 0. The number of hydrogen-bond donors (Lipinski definition) is 0. The van der Waals surface area contributed by atoms with Crippen molar-refractivity contribution >= 4 is 17.5 Å². The van der Waals surface area contributed by atoms with E-state index in [4.69, 9.17) is 11.6 Å². The molecule has 2 atom stereocenters. The SMILES string of the molecule is O=C(c1cc(C(F)(F)F)cc(C(F)(F)F)c1)N1CC[C@@H](c2ccccc2)[C@@H](c2cccc(Cl)c2)C1. The number of amides is 1. The maximum absolute atomic E-state index is 13.3. The van der Waals surface area contributed by atoms with Gasteiger partial charge >= 0.3 is 12.4 Å². The first-order valence-corrected chi connectivity index (χ1v) is 11.2. The van der Waals surface area contributed by atoms with Gasteiger partial charge in [-0.05, 0) is 53.8 Å². The van der Waals surface area contributed by atoms with Crippen LogP contribution in [0.15, 0.2) is 72.8 Å². The quantitative estimate of drug-likeness (QED) is 0.329. The number of nitrogens with zero attached hydrogens (tertiary/aromatic N) is 1. The summed E-state index contributed by atoms with van der Waals surface area (Å²) in [5, 5.41) is 0.491. The highest BCUT2D eigenvalue weighted by Crippen LogP contribution is 2.41. The Morgan fingerprint density at radius 2 is 1.37 bits per heavy atom. The van der Waals surface area contributed by atoms with Crippen LogP contribution in [-0.2, 0) is 12.4 Å². The molecule has 1 fully saturated rings. The number of piperidine rings is 1. The van der Waals surface area contributed by atoms with Crippen LogP contribution in [0.25, 0.3) is 0 Å². The van der Waals surface area contributed by atoms with Crippen molar-refractivity contribution in [2.75, 3.05) is 13.1 Å². The van der Waals surface area contributed by atoms with E-state index >= 15 is 0 Å². The zero-order valence-corrected chi connectivity index (χ0v) is 19.0. The van der Waals surface area contributed by atoms with E-state index < -0.39 is 35.0 Å². The Kier molecular flexibility index (Phi) is 6.86. The van der Waals surface area contributed by atoms with Crippen LogP contribution in [0.2, 0.25) is 5.02 Å². The van der Waals surface area contributed by atoms with Crippen molar-refractivity contribution in [2.24, 2.45) is 0 Å². The molecule has 0 N–H and O–H groups in total. The fourth-order valence-electron chi connectivity index (χ4n) is 4.57. The van der Waals surface area contributed by atoms with Gasteiger partial charge in [0.15, 0.2) is 0 Å². The van der Waals surface area contributed by atoms with E-state index in [0.29, 0.717) is 23.6 Å². The number of alkyl halides is 6. The summed E-state index contributed by atoms with van der Waals surface area (Å²) in [5.74, 6) is -1.13. The van der Waals surface area contributed by atoms with Crippen LogP contribution in [0, 0.1) is 0 Å². The lowest BCUT2D eigenvalue weighted by Gasteiger charge is -2.39. The second-order valence-corrected chi connectivity index (χ2v) is 8.95. The largest absolute Gasteiger partial charge is 0.416 e. The minimum absolute atomic E-state index is 0.00837. The van der Waals surface area contributed by atoms with Gasteiger partial charge in [0.1, 0.15) is 0 Å². The average Bonchev–Trinajstić information content (AvgIpc) is 2.82. The summed E-state index contributed by atoms with van der Waals surface area (Å²) in [6.07, 6.45) is -9.57. The summed E-state index contributed by atoms with van der Waals surface area (Å²) in [6.45, 7) is 0.309. The van der Waals surface area contributed by atoms with E-state index in [0.717, 1.165) is 11.1 Å². The molecule has 35 heavy (non-hydrogen) atoms. The lowest BCUT2D eigenvalue weighted by molar-refractivity contribution is -0.143. The number of benzene rings is 3. The van der Waals surface area contributed by atoms with Crippen molar-refractivity contribution in [1.29, 1.82) is 0 Å². The Hall–Kier alpha value is -3.00. The first-order chi connectivity index (χ1) is 16.4. The highest BCUT2D eigenvalue weighted by molar-refractivity contribution is 6.30. The fourth-order valence-corrected chi connectivity index (χ4v) is 4.77. The van der Waals surface area contributed by atoms with Gasteiger partial charge in [0.2, 0.25) is 0 Å². The Morgan fingerprint density at radius 3 is 1.94 bits per heavy atom. The molecule has 1 saturated heterocycles. The third-order valence-electron chi connectivity index (χ3n) is 6.24. The maximum atomic E-state index is 13.3. The van der Waals surface area contributed by atoms with Gasteiger partial charge in [0.25, 0.3) is 5.91 Å². The highest BCUT2D eigenvalue weighted by atomic mass is 35.5. The molecule has 1 amide bonds. The molecule has 184 valence electrons. The smallest absolute Gasteiger partial charge is 0.338 e. The Morgan fingerprint density at radius 1 is 0.771 bits per heavy atom. The molecule has 0 bridgehead atoms. The van der Waals surface area contributed by atoms with Crippen LogP contribution in [0.5, 0.6) is 0 Å². The van der Waals surface area contributed by atoms with Crippen LogP contribution in [-0.4, -0.2) is 23.9 Å². The standard InChI is InChI=1S/C26H20ClF6NO/c27-21-8-4-7-17(13-21)23-15-34(10-9-22(23)16-5-2-1-3-6-16)24(35)18-11-19(25(28,29)30)14-20(12-18)26(31,32)33/h1-8,11-14,22-23H,9-10,15H2/t22-,23+/m0/s1. The zero-order valence-electron chi connectivity index (χ0n) is 18.2. The normalized spacial score (nSPS) is 19.0. The molecule has 0 aromatic heterocycles. The highest BCUT2D eigenvalue weighted by Gasteiger charge is 2.39. The number of likely N-dealkylation sites (tertiary alicyclic amines) is 1. The second kappa shape index (κ2) is 9.57. The topological polar surface area (TPSA) is 20.3 Å². The molecule has 0 saturated carbocycles. The molecule has 4 rings (SSSR count). The summed E-state index contributed by atoms with van der Waals surface area (Å²) in [5.41, 5.74) is -1.80. The van der Waals surface area contributed by atoms with Crippen molar-refractivity contribution in [3.63, 3.8) is 0 Å².